The van der Waals surface area contributed by atoms with E-state index in [-0.39, 0.29) is 10.7 Å². The van der Waals surface area contributed by atoms with E-state index < -0.39 is 17.7 Å². The van der Waals surface area contributed by atoms with Crippen LogP contribution in [0.25, 0.3) is 0 Å². The Labute approximate surface area is 215 Å². The molecule has 4 rings (SSSR count). The van der Waals surface area contributed by atoms with Gasteiger partial charge in [0.1, 0.15) is 10.7 Å². The highest BCUT2D eigenvalue weighted by Crippen LogP contribution is 2.32. The second-order valence-corrected chi connectivity index (χ2v) is 8.96. The van der Waals surface area contributed by atoms with Gasteiger partial charge in [0.2, 0.25) is 0 Å². The summed E-state index contributed by atoms with van der Waals surface area (Å²) in [6.07, 6.45) is 0. The molecule has 0 saturated heterocycles. The van der Waals surface area contributed by atoms with Crippen molar-refractivity contribution in [2.75, 3.05) is 15.5 Å². The van der Waals surface area contributed by atoms with Gasteiger partial charge in [0.05, 0.1) is 15.7 Å². The first-order valence-electron chi connectivity index (χ1n) is 9.84. The lowest BCUT2D eigenvalue weighted by molar-refractivity contribution is -0.120. The summed E-state index contributed by atoms with van der Waals surface area (Å²) in [5.41, 5.74) is 2.15. The number of carbonyl (C=O) groups is 3. The van der Waals surface area contributed by atoms with Crippen molar-refractivity contribution in [2.24, 2.45) is 0 Å². The molecule has 0 unspecified atom stereocenters. The Balaban J connectivity index is 1.54. The molecule has 3 aromatic rings. The third-order valence-electron chi connectivity index (χ3n) is 5.01. The van der Waals surface area contributed by atoms with E-state index in [1.807, 2.05) is 6.92 Å². The van der Waals surface area contributed by atoms with Crippen LogP contribution in [0.2, 0.25) is 15.1 Å². The van der Waals surface area contributed by atoms with Gasteiger partial charge in [-0.15, -0.1) is 0 Å². The summed E-state index contributed by atoms with van der Waals surface area (Å²) in [4.78, 5) is 39.3. The van der Waals surface area contributed by atoms with Crippen LogP contribution in [0.4, 0.5) is 17.1 Å². The monoisotopic (exact) mass is 533 g/mol. The quantitative estimate of drug-likeness (QED) is 0.359. The Morgan fingerprint density at radius 2 is 1.56 bits per heavy atom. The standard InChI is InChI=1S/C24H15Cl4N3O3/c1-12-5-7-16(11-18(12)26)31-23(33)20(28)21(24(31)34)29-14-4-2-3-13(9-14)22(32)30-15-6-8-17(25)19(27)10-15/h2-11,29H,1H3,(H,30,32). The first kappa shape index (κ1) is 24.1. The predicted octanol–water partition coefficient (Wildman–Crippen LogP) is 6.64. The van der Waals surface area contributed by atoms with Gasteiger partial charge in [-0.3, -0.25) is 14.4 Å². The first-order valence-corrected chi connectivity index (χ1v) is 11.3. The van der Waals surface area contributed by atoms with Gasteiger partial charge in [-0.1, -0.05) is 58.5 Å². The molecule has 34 heavy (non-hydrogen) atoms. The van der Waals surface area contributed by atoms with E-state index in [1.165, 1.54) is 18.2 Å². The van der Waals surface area contributed by atoms with Gasteiger partial charge < -0.3 is 10.6 Å². The molecule has 0 aromatic heterocycles. The molecule has 1 aliphatic rings. The zero-order chi connectivity index (χ0) is 24.6. The number of aryl methyl sites for hydroxylation is 1. The molecule has 10 heteroatoms. The molecule has 3 amide bonds. The molecule has 0 bridgehead atoms. The van der Waals surface area contributed by atoms with Crippen molar-refractivity contribution in [1.82, 2.24) is 0 Å². The Kier molecular flexibility index (Phi) is 6.86. The van der Waals surface area contributed by atoms with Crippen molar-refractivity contribution >= 4 is 81.2 Å². The van der Waals surface area contributed by atoms with Crippen LogP contribution < -0.4 is 15.5 Å². The van der Waals surface area contributed by atoms with Crippen LogP contribution in [-0.2, 0) is 9.59 Å². The fourth-order valence-corrected chi connectivity index (χ4v) is 3.91. The third-order valence-corrected chi connectivity index (χ3v) is 6.51. The van der Waals surface area contributed by atoms with Crippen LogP contribution in [0.15, 0.2) is 71.4 Å². The van der Waals surface area contributed by atoms with E-state index in [0.717, 1.165) is 10.5 Å². The highest BCUT2D eigenvalue weighted by Gasteiger charge is 2.39. The van der Waals surface area contributed by atoms with E-state index in [0.29, 0.717) is 37.7 Å². The average Bonchev–Trinajstić information content (AvgIpc) is 3.01. The summed E-state index contributed by atoms with van der Waals surface area (Å²) < 4.78 is 0. The van der Waals surface area contributed by atoms with Crippen molar-refractivity contribution < 1.29 is 14.4 Å². The largest absolute Gasteiger partial charge is 0.350 e. The molecule has 0 radical (unpaired) electrons. The first-order chi connectivity index (χ1) is 16.2. The van der Waals surface area contributed by atoms with Gasteiger partial charge in [-0.05, 0) is 61.0 Å². The molecule has 0 aliphatic carbocycles. The number of anilines is 3. The van der Waals surface area contributed by atoms with Crippen LogP contribution in [0.3, 0.4) is 0 Å². The van der Waals surface area contributed by atoms with Crippen molar-refractivity contribution in [2.45, 2.75) is 6.92 Å². The lowest BCUT2D eigenvalue weighted by atomic mass is 10.1. The van der Waals surface area contributed by atoms with Crippen LogP contribution in [0.1, 0.15) is 15.9 Å². The molecule has 0 fully saturated rings. The van der Waals surface area contributed by atoms with Gasteiger partial charge in [0.25, 0.3) is 17.7 Å². The molecule has 172 valence electrons. The van der Waals surface area contributed by atoms with Crippen molar-refractivity contribution in [3.8, 4) is 0 Å². The van der Waals surface area contributed by atoms with Gasteiger partial charge in [-0.25, -0.2) is 4.90 Å². The number of halogens is 4. The van der Waals surface area contributed by atoms with Crippen molar-refractivity contribution in [3.05, 3.63) is 97.6 Å². The second-order valence-electron chi connectivity index (χ2n) is 7.36. The highest BCUT2D eigenvalue weighted by atomic mass is 35.5. The SMILES string of the molecule is Cc1ccc(N2C(=O)C(Cl)=C(Nc3cccc(C(=O)Nc4ccc(Cl)c(Cl)c4)c3)C2=O)cc1Cl. The maximum atomic E-state index is 13.0. The minimum atomic E-state index is -0.678. The fourth-order valence-electron chi connectivity index (χ4n) is 3.23. The molecular weight excluding hydrogens is 520 g/mol. The summed E-state index contributed by atoms with van der Waals surface area (Å²) in [5, 5.41) is 6.39. The maximum Gasteiger partial charge on any atom is 0.283 e. The second kappa shape index (κ2) is 9.68. The lowest BCUT2D eigenvalue weighted by Crippen LogP contribution is -2.32. The maximum absolute atomic E-state index is 13.0. The topological polar surface area (TPSA) is 78.5 Å². The molecule has 0 atom stereocenters. The predicted molar refractivity (Wildman–Crippen MR) is 136 cm³/mol. The number of rotatable bonds is 5. The fraction of sp³-hybridized carbons (Fsp3) is 0.0417. The summed E-state index contributed by atoms with van der Waals surface area (Å²) in [6, 6.07) is 15.9. The van der Waals surface area contributed by atoms with Gasteiger partial charge in [-0.2, -0.15) is 0 Å². The van der Waals surface area contributed by atoms with Crippen molar-refractivity contribution in [1.29, 1.82) is 0 Å². The molecule has 1 aliphatic heterocycles. The van der Waals surface area contributed by atoms with Crippen LogP contribution >= 0.6 is 46.4 Å². The van der Waals surface area contributed by atoms with E-state index in [1.54, 1.807) is 42.5 Å². The zero-order valence-electron chi connectivity index (χ0n) is 17.5. The molecule has 6 nitrogen and oxygen atoms in total. The highest BCUT2D eigenvalue weighted by molar-refractivity contribution is 6.53. The van der Waals surface area contributed by atoms with Gasteiger partial charge in [0, 0.05) is 22.0 Å². The Morgan fingerprint density at radius 3 is 2.26 bits per heavy atom. The van der Waals surface area contributed by atoms with Crippen LogP contribution in [0, 0.1) is 6.92 Å². The smallest absolute Gasteiger partial charge is 0.283 e. The number of benzene rings is 3. The number of carbonyl (C=O) groups excluding carboxylic acids is 3. The number of amides is 3. The van der Waals surface area contributed by atoms with Gasteiger partial charge in [0.15, 0.2) is 0 Å². The van der Waals surface area contributed by atoms with Crippen LogP contribution in [-0.4, -0.2) is 17.7 Å². The minimum Gasteiger partial charge on any atom is -0.350 e. The van der Waals surface area contributed by atoms with E-state index >= 15 is 0 Å². The normalized spacial score (nSPS) is 13.5. The zero-order valence-corrected chi connectivity index (χ0v) is 20.5. The summed E-state index contributed by atoms with van der Waals surface area (Å²) in [6.45, 7) is 1.81. The molecule has 0 saturated carbocycles. The number of hydrogen-bond acceptors (Lipinski definition) is 4. The van der Waals surface area contributed by atoms with E-state index in [4.69, 9.17) is 46.4 Å². The average molecular weight is 535 g/mol. The lowest BCUT2D eigenvalue weighted by Gasteiger charge is -2.16. The number of nitrogens with zero attached hydrogens (tertiary/aromatic N) is 1. The third kappa shape index (κ3) is 4.76. The molecule has 2 N–H and O–H groups in total. The van der Waals surface area contributed by atoms with Gasteiger partial charge >= 0.3 is 0 Å². The summed E-state index contributed by atoms with van der Waals surface area (Å²) in [5.74, 6) is -1.73. The number of hydrogen-bond donors (Lipinski definition) is 2. The molecule has 0 spiro atoms. The number of imide groups is 1. The minimum absolute atomic E-state index is 0.106. The number of nitrogens with one attached hydrogen (secondary N) is 2. The van der Waals surface area contributed by atoms with E-state index in [9.17, 15) is 14.4 Å². The summed E-state index contributed by atoms with van der Waals surface area (Å²) >= 11 is 24.2. The Morgan fingerprint density at radius 1 is 0.794 bits per heavy atom. The Hall–Kier alpha value is -3.03. The molecule has 3 aromatic carbocycles. The van der Waals surface area contributed by atoms with Crippen molar-refractivity contribution in [3.63, 3.8) is 0 Å². The molecular formula is C24H15Cl4N3O3. The Bertz CT molecular complexity index is 1390. The van der Waals surface area contributed by atoms with Crippen LogP contribution in [0.5, 0.6) is 0 Å². The van der Waals surface area contributed by atoms with E-state index in [2.05, 4.69) is 10.6 Å². The summed E-state index contributed by atoms with van der Waals surface area (Å²) in [7, 11) is 0. The molecule has 1 heterocycles.